The van der Waals surface area contributed by atoms with Crippen LogP contribution in [0.1, 0.15) is 5.56 Å². The highest BCUT2D eigenvalue weighted by Crippen LogP contribution is 2.20. The normalized spacial score (nSPS) is 10.9. The second-order valence-corrected chi connectivity index (χ2v) is 4.77. The van der Waals surface area contributed by atoms with Crippen LogP contribution in [0.15, 0.2) is 42.7 Å². The lowest BCUT2D eigenvalue weighted by atomic mass is 10.1. The molecule has 1 heterocycles. The minimum absolute atomic E-state index is 0.275. The lowest BCUT2D eigenvalue weighted by molar-refractivity contribution is 0.499. The van der Waals surface area contributed by atoms with Crippen molar-refractivity contribution >= 4 is 16.7 Å². The van der Waals surface area contributed by atoms with Crippen LogP contribution in [0.2, 0.25) is 0 Å². The van der Waals surface area contributed by atoms with Gasteiger partial charge in [-0.05, 0) is 36.2 Å². The molecule has 0 aliphatic carbocycles. The summed E-state index contributed by atoms with van der Waals surface area (Å²) < 4.78 is 40.0. The first-order chi connectivity index (χ1) is 10.6. The number of fused-ring (bicyclic) bond motifs is 1. The highest BCUT2D eigenvalue weighted by Gasteiger charge is 2.08. The Morgan fingerprint density at radius 1 is 1.00 bits per heavy atom. The molecule has 0 bridgehead atoms. The molecule has 0 spiro atoms. The van der Waals surface area contributed by atoms with E-state index in [1.165, 1.54) is 30.6 Å². The van der Waals surface area contributed by atoms with Crippen LogP contribution in [-0.2, 0) is 6.42 Å². The average molecular weight is 303 g/mol. The molecule has 0 saturated carbocycles. The molecule has 2 aromatic carbocycles. The van der Waals surface area contributed by atoms with E-state index in [2.05, 4.69) is 15.3 Å². The maximum absolute atomic E-state index is 13.6. The summed E-state index contributed by atoms with van der Waals surface area (Å²) in [5.74, 6) is -1.64. The van der Waals surface area contributed by atoms with Crippen molar-refractivity contribution in [3.63, 3.8) is 0 Å². The molecule has 0 fully saturated rings. The van der Waals surface area contributed by atoms with E-state index in [9.17, 15) is 13.2 Å². The number of nitrogens with zero attached hydrogens (tertiary/aromatic N) is 2. The molecule has 0 aliphatic rings. The number of aromatic nitrogens is 2. The number of anilines is 1. The van der Waals surface area contributed by atoms with Crippen molar-refractivity contribution in [1.82, 2.24) is 9.97 Å². The smallest absolute Gasteiger partial charge is 0.162 e. The first-order valence-corrected chi connectivity index (χ1v) is 6.72. The van der Waals surface area contributed by atoms with Crippen LogP contribution in [0.25, 0.3) is 10.9 Å². The fourth-order valence-electron chi connectivity index (χ4n) is 2.23. The van der Waals surface area contributed by atoms with Crippen LogP contribution >= 0.6 is 0 Å². The van der Waals surface area contributed by atoms with Gasteiger partial charge in [0.2, 0.25) is 0 Å². The van der Waals surface area contributed by atoms with Gasteiger partial charge in [0.05, 0.1) is 5.52 Å². The van der Waals surface area contributed by atoms with E-state index in [0.29, 0.717) is 23.3 Å². The van der Waals surface area contributed by atoms with E-state index < -0.39 is 11.6 Å². The summed E-state index contributed by atoms with van der Waals surface area (Å²) >= 11 is 0. The molecular formula is C16H12F3N3. The molecule has 112 valence electrons. The fourth-order valence-corrected chi connectivity index (χ4v) is 2.23. The van der Waals surface area contributed by atoms with Gasteiger partial charge in [0.1, 0.15) is 18.0 Å². The molecule has 1 N–H and O–H groups in total. The monoisotopic (exact) mass is 303 g/mol. The van der Waals surface area contributed by atoms with E-state index in [-0.39, 0.29) is 17.8 Å². The van der Waals surface area contributed by atoms with Gasteiger partial charge in [0, 0.05) is 11.9 Å². The minimum atomic E-state index is -0.868. The van der Waals surface area contributed by atoms with Crippen LogP contribution in [0.5, 0.6) is 0 Å². The number of hydrogen-bond acceptors (Lipinski definition) is 3. The van der Waals surface area contributed by atoms with E-state index in [1.807, 2.05) is 0 Å². The number of halogens is 3. The van der Waals surface area contributed by atoms with Crippen molar-refractivity contribution in [3.8, 4) is 0 Å². The Morgan fingerprint density at radius 2 is 1.86 bits per heavy atom. The molecule has 0 unspecified atom stereocenters. The highest BCUT2D eigenvalue weighted by molar-refractivity contribution is 5.88. The van der Waals surface area contributed by atoms with Gasteiger partial charge in [0.15, 0.2) is 11.6 Å². The second-order valence-electron chi connectivity index (χ2n) is 4.77. The standard InChI is InChI=1S/C16H12F3N3/c17-11-4-5-14-12(8-11)16(22-9-21-14)20-7-6-10-2-1-3-13(18)15(10)19/h1-5,8-9H,6-7H2,(H,20,21,22). The Morgan fingerprint density at radius 3 is 2.73 bits per heavy atom. The van der Waals surface area contributed by atoms with E-state index in [4.69, 9.17) is 0 Å². The maximum Gasteiger partial charge on any atom is 0.162 e. The summed E-state index contributed by atoms with van der Waals surface area (Å²) in [6.07, 6.45) is 1.65. The Bertz CT molecular complexity index is 821. The summed E-state index contributed by atoms with van der Waals surface area (Å²) in [5.41, 5.74) is 0.882. The van der Waals surface area contributed by atoms with Gasteiger partial charge < -0.3 is 5.32 Å². The number of benzene rings is 2. The van der Waals surface area contributed by atoms with E-state index >= 15 is 0 Å². The maximum atomic E-state index is 13.6. The largest absolute Gasteiger partial charge is 0.369 e. The zero-order valence-electron chi connectivity index (χ0n) is 11.5. The Labute approximate surface area is 124 Å². The van der Waals surface area contributed by atoms with Crippen LogP contribution in [0.3, 0.4) is 0 Å². The van der Waals surface area contributed by atoms with E-state index in [1.54, 1.807) is 6.07 Å². The second kappa shape index (κ2) is 6.01. The Kier molecular flexibility index (Phi) is 3.91. The molecule has 0 atom stereocenters. The SMILES string of the molecule is Fc1ccc2ncnc(NCCc3cccc(F)c3F)c2c1. The summed E-state index contributed by atoms with van der Waals surface area (Å²) in [5, 5.41) is 3.55. The Balaban J connectivity index is 1.77. The molecule has 1 aromatic heterocycles. The van der Waals surface area contributed by atoms with Crippen LogP contribution in [0.4, 0.5) is 19.0 Å². The van der Waals surface area contributed by atoms with Gasteiger partial charge in [0.25, 0.3) is 0 Å². The number of nitrogens with one attached hydrogen (secondary N) is 1. The van der Waals surface area contributed by atoms with Gasteiger partial charge in [-0.15, -0.1) is 0 Å². The lowest BCUT2D eigenvalue weighted by Gasteiger charge is -2.09. The molecule has 0 saturated heterocycles. The van der Waals surface area contributed by atoms with Gasteiger partial charge in [-0.3, -0.25) is 0 Å². The zero-order chi connectivity index (χ0) is 15.5. The van der Waals surface area contributed by atoms with Crippen LogP contribution in [0, 0.1) is 17.5 Å². The molecule has 3 aromatic rings. The van der Waals surface area contributed by atoms with Crippen molar-refractivity contribution in [2.45, 2.75) is 6.42 Å². The topological polar surface area (TPSA) is 37.8 Å². The first-order valence-electron chi connectivity index (χ1n) is 6.72. The summed E-state index contributed by atoms with van der Waals surface area (Å²) in [6.45, 7) is 0.336. The number of hydrogen-bond donors (Lipinski definition) is 1. The van der Waals surface area contributed by atoms with Crippen LogP contribution in [-0.4, -0.2) is 16.5 Å². The first kappa shape index (κ1) is 14.3. The van der Waals surface area contributed by atoms with Crippen LogP contribution < -0.4 is 5.32 Å². The van der Waals surface area contributed by atoms with Crippen molar-refractivity contribution in [2.24, 2.45) is 0 Å². The van der Waals surface area contributed by atoms with Crippen molar-refractivity contribution in [1.29, 1.82) is 0 Å². The molecule has 3 nitrogen and oxygen atoms in total. The third-order valence-corrected chi connectivity index (χ3v) is 3.32. The molecule has 0 radical (unpaired) electrons. The third-order valence-electron chi connectivity index (χ3n) is 3.32. The molecule has 0 amide bonds. The number of rotatable bonds is 4. The third kappa shape index (κ3) is 2.86. The molecular weight excluding hydrogens is 291 g/mol. The summed E-state index contributed by atoms with van der Waals surface area (Å²) in [4.78, 5) is 8.11. The van der Waals surface area contributed by atoms with Gasteiger partial charge >= 0.3 is 0 Å². The van der Waals surface area contributed by atoms with Gasteiger partial charge in [-0.25, -0.2) is 23.1 Å². The molecule has 0 aliphatic heterocycles. The highest BCUT2D eigenvalue weighted by atomic mass is 19.2. The Hall–Kier alpha value is -2.63. The van der Waals surface area contributed by atoms with Crippen molar-refractivity contribution in [2.75, 3.05) is 11.9 Å². The predicted octanol–water partition coefficient (Wildman–Crippen LogP) is 3.70. The van der Waals surface area contributed by atoms with Crippen molar-refractivity contribution in [3.05, 3.63) is 65.7 Å². The van der Waals surface area contributed by atoms with Crippen molar-refractivity contribution < 1.29 is 13.2 Å². The zero-order valence-corrected chi connectivity index (χ0v) is 11.5. The fraction of sp³-hybridized carbons (Fsp3) is 0.125. The molecule has 6 heteroatoms. The molecule has 22 heavy (non-hydrogen) atoms. The summed E-state index contributed by atoms with van der Waals surface area (Å²) in [6, 6.07) is 8.28. The van der Waals surface area contributed by atoms with E-state index in [0.717, 1.165) is 6.07 Å². The molecule has 3 rings (SSSR count). The lowest BCUT2D eigenvalue weighted by Crippen LogP contribution is -2.08. The summed E-state index contributed by atoms with van der Waals surface area (Å²) in [7, 11) is 0. The quantitative estimate of drug-likeness (QED) is 0.798. The van der Waals surface area contributed by atoms with Gasteiger partial charge in [-0.1, -0.05) is 12.1 Å². The predicted molar refractivity (Wildman–Crippen MR) is 78.0 cm³/mol. The minimum Gasteiger partial charge on any atom is -0.369 e. The average Bonchev–Trinajstić information content (AvgIpc) is 2.52. The van der Waals surface area contributed by atoms with Gasteiger partial charge in [-0.2, -0.15) is 0 Å².